The Morgan fingerprint density at radius 1 is 1.21 bits per heavy atom. The van der Waals surface area contributed by atoms with Gasteiger partial charge in [-0.15, -0.1) is 0 Å². The van der Waals surface area contributed by atoms with Crippen molar-refractivity contribution in [1.29, 1.82) is 0 Å². The average molecular weight is 412 g/mol. The van der Waals surface area contributed by atoms with Gasteiger partial charge in [-0.25, -0.2) is 8.78 Å². The molecule has 29 heavy (non-hydrogen) atoms. The molecule has 2 atom stereocenters. The van der Waals surface area contributed by atoms with Crippen LogP contribution >= 0.6 is 0 Å². The summed E-state index contributed by atoms with van der Waals surface area (Å²) in [4.78, 5) is 13.9. The number of benzene rings is 1. The van der Waals surface area contributed by atoms with Crippen molar-refractivity contribution >= 4 is 13.1 Å². The number of unbranched alkanes of at least 4 members (excludes halogenated alkanes) is 1. The predicted octanol–water partition coefficient (Wildman–Crippen LogP) is 2.52. The predicted molar refractivity (Wildman–Crippen MR) is 107 cm³/mol. The molecule has 1 aliphatic rings. The van der Waals surface area contributed by atoms with E-state index < -0.39 is 30.3 Å². The first-order chi connectivity index (χ1) is 13.7. The minimum atomic E-state index is -1.39. The maximum Gasteiger partial charge on any atom is 0.451 e. The van der Waals surface area contributed by atoms with Crippen LogP contribution in [0.3, 0.4) is 0 Å². The van der Waals surface area contributed by atoms with Crippen LogP contribution in [-0.4, -0.2) is 51.3 Å². The zero-order valence-corrected chi connectivity index (χ0v) is 16.7. The van der Waals surface area contributed by atoms with Crippen LogP contribution in [0.15, 0.2) is 18.2 Å². The molecule has 0 spiro atoms. The molecule has 1 heterocycles. The van der Waals surface area contributed by atoms with Gasteiger partial charge in [0, 0.05) is 12.6 Å². The van der Waals surface area contributed by atoms with Crippen molar-refractivity contribution in [3.05, 3.63) is 35.4 Å². The lowest BCUT2D eigenvalue weighted by Crippen LogP contribution is -2.49. The van der Waals surface area contributed by atoms with E-state index in [0.29, 0.717) is 37.8 Å². The summed E-state index contributed by atoms with van der Waals surface area (Å²) in [7, 11) is -1.39. The second-order valence-electron chi connectivity index (χ2n) is 8.09. The number of hydrogen-bond acceptors (Lipinski definition) is 5. The molecule has 0 saturated carbocycles. The highest BCUT2D eigenvalue weighted by atomic mass is 19.2. The standard InChI is InChI=1S/C20H31BF2N2O4/c22-17-7-6-15(13-18(17)23)14-25-12-4-1-5-16(25)8-10-20(24,19(26)27)9-2-3-11-21(28)29/h6-7,13,16,28-29H,1-5,8-12,14,24H2,(H,26,27). The first kappa shape index (κ1) is 23.7. The molecular formula is C20H31BF2N2O4. The summed E-state index contributed by atoms with van der Waals surface area (Å²) in [5.74, 6) is -2.78. The molecule has 1 aromatic carbocycles. The Balaban J connectivity index is 1.94. The van der Waals surface area contributed by atoms with Gasteiger partial charge in [-0.1, -0.05) is 25.3 Å². The average Bonchev–Trinajstić information content (AvgIpc) is 2.67. The molecule has 0 aliphatic carbocycles. The summed E-state index contributed by atoms with van der Waals surface area (Å²) >= 11 is 0. The van der Waals surface area contributed by atoms with Crippen molar-refractivity contribution in [2.24, 2.45) is 5.73 Å². The topological polar surface area (TPSA) is 107 Å². The van der Waals surface area contributed by atoms with Crippen LogP contribution in [0.4, 0.5) is 8.78 Å². The van der Waals surface area contributed by atoms with Gasteiger partial charge in [0.1, 0.15) is 5.54 Å². The Labute approximate surface area is 170 Å². The highest BCUT2D eigenvalue weighted by molar-refractivity contribution is 6.40. The van der Waals surface area contributed by atoms with Crippen LogP contribution in [0, 0.1) is 11.6 Å². The van der Waals surface area contributed by atoms with E-state index in [1.807, 2.05) is 0 Å². The minimum absolute atomic E-state index is 0.137. The number of likely N-dealkylation sites (tertiary alicyclic amines) is 1. The lowest BCUT2D eigenvalue weighted by molar-refractivity contribution is -0.144. The number of nitrogens with two attached hydrogens (primary N) is 1. The van der Waals surface area contributed by atoms with Gasteiger partial charge in [0.15, 0.2) is 11.6 Å². The molecular weight excluding hydrogens is 381 g/mol. The van der Waals surface area contributed by atoms with E-state index in [-0.39, 0.29) is 18.8 Å². The molecule has 9 heteroatoms. The zero-order chi connectivity index (χ0) is 21.4. The van der Waals surface area contributed by atoms with E-state index in [2.05, 4.69) is 4.90 Å². The van der Waals surface area contributed by atoms with Gasteiger partial charge < -0.3 is 20.9 Å². The van der Waals surface area contributed by atoms with Gasteiger partial charge in [0.2, 0.25) is 0 Å². The summed E-state index contributed by atoms with van der Waals surface area (Å²) in [6.45, 7) is 1.31. The van der Waals surface area contributed by atoms with E-state index in [4.69, 9.17) is 15.8 Å². The molecule has 0 aromatic heterocycles. The Kier molecular flexibility index (Phi) is 9.01. The summed E-state index contributed by atoms with van der Waals surface area (Å²) < 4.78 is 26.7. The van der Waals surface area contributed by atoms with Gasteiger partial charge >= 0.3 is 13.1 Å². The summed E-state index contributed by atoms with van der Waals surface area (Å²) in [6.07, 6.45) is 5.34. The Bertz CT molecular complexity index is 680. The van der Waals surface area contributed by atoms with E-state index in [0.717, 1.165) is 31.9 Å². The number of aliphatic carboxylic acids is 1. The Hall–Kier alpha value is -1.55. The number of hydrogen-bond donors (Lipinski definition) is 4. The highest BCUT2D eigenvalue weighted by Gasteiger charge is 2.35. The van der Waals surface area contributed by atoms with Gasteiger partial charge in [-0.05, 0) is 62.7 Å². The van der Waals surface area contributed by atoms with E-state index in [9.17, 15) is 18.7 Å². The first-order valence-electron chi connectivity index (χ1n) is 10.3. The normalized spacial score (nSPS) is 19.7. The first-order valence-corrected chi connectivity index (χ1v) is 10.3. The minimum Gasteiger partial charge on any atom is -0.480 e. The lowest BCUT2D eigenvalue weighted by Gasteiger charge is -2.37. The molecule has 1 saturated heterocycles. The van der Waals surface area contributed by atoms with Crippen molar-refractivity contribution in [1.82, 2.24) is 4.90 Å². The van der Waals surface area contributed by atoms with Crippen molar-refractivity contribution < 1.29 is 28.7 Å². The molecule has 6 nitrogen and oxygen atoms in total. The van der Waals surface area contributed by atoms with E-state index in [1.165, 1.54) is 6.07 Å². The third-order valence-electron chi connectivity index (χ3n) is 5.80. The fourth-order valence-corrected chi connectivity index (χ4v) is 4.00. The maximum absolute atomic E-state index is 13.5. The van der Waals surface area contributed by atoms with Gasteiger partial charge in [0.05, 0.1) is 0 Å². The number of rotatable bonds is 11. The Morgan fingerprint density at radius 2 is 1.97 bits per heavy atom. The van der Waals surface area contributed by atoms with Crippen molar-refractivity contribution in [2.75, 3.05) is 6.54 Å². The second-order valence-corrected chi connectivity index (χ2v) is 8.09. The van der Waals surface area contributed by atoms with Crippen LogP contribution in [0.2, 0.25) is 6.32 Å². The van der Waals surface area contributed by atoms with Crippen LogP contribution in [0.1, 0.15) is 56.9 Å². The quantitative estimate of drug-likeness (QED) is 0.329. The van der Waals surface area contributed by atoms with Gasteiger partial charge in [-0.3, -0.25) is 9.69 Å². The SMILES string of the molecule is NC(CCCCB(O)O)(CCC1CCCCN1Cc1ccc(F)c(F)c1)C(=O)O. The number of carboxylic acid groups (broad SMARTS) is 1. The number of halogens is 2. The molecule has 0 radical (unpaired) electrons. The van der Waals surface area contributed by atoms with Crippen LogP contribution < -0.4 is 5.73 Å². The van der Waals surface area contributed by atoms with Gasteiger partial charge in [-0.2, -0.15) is 0 Å². The number of nitrogens with zero attached hydrogens (tertiary/aromatic N) is 1. The third kappa shape index (κ3) is 7.33. The number of carboxylic acids is 1. The zero-order valence-electron chi connectivity index (χ0n) is 16.7. The molecule has 0 bridgehead atoms. The smallest absolute Gasteiger partial charge is 0.451 e. The number of piperidine rings is 1. The summed E-state index contributed by atoms with van der Waals surface area (Å²) in [6, 6.07) is 4.05. The summed E-state index contributed by atoms with van der Waals surface area (Å²) in [5, 5.41) is 27.4. The molecule has 162 valence electrons. The fraction of sp³-hybridized carbons (Fsp3) is 0.650. The van der Waals surface area contributed by atoms with E-state index >= 15 is 0 Å². The van der Waals surface area contributed by atoms with Crippen molar-refractivity contribution in [3.63, 3.8) is 0 Å². The van der Waals surface area contributed by atoms with Crippen LogP contribution in [0.25, 0.3) is 0 Å². The molecule has 1 aromatic rings. The lowest BCUT2D eigenvalue weighted by atomic mass is 9.80. The Morgan fingerprint density at radius 3 is 2.62 bits per heavy atom. The van der Waals surface area contributed by atoms with Crippen LogP contribution in [-0.2, 0) is 11.3 Å². The second kappa shape index (κ2) is 11.0. The monoisotopic (exact) mass is 412 g/mol. The highest BCUT2D eigenvalue weighted by Crippen LogP contribution is 2.27. The molecule has 2 unspecified atom stereocenters. The largest absolute Gasteiger partial charge is 0.480 e. The molecule has 1 aliphatic heterocycles. The van der Waals surface area contributed by atoms with Crippen molar-refractivity contribution in [2.45, 2.75) is 75.8 Å². The third-order valence-corrected chi connectivity index (χ3v) is 5.80. The molecule has 5 N–H and O–H groups in total. The van der Waals surface area contributed by atoms with Crippen molar-refractivity contribution in [3.8, 4) is 0 Å². The fourth-order valence-electron chi connectivity index (χ4n) is 4.00. The van der Waals surface area contributed by atoms with E-state index in [1.54, 1.807) is 6.07 Å². The molecule has 1 fully saturated rings. The summed E-state index contributed by atoms with van der Waals surface area (Å²) in [5.41, 5.74) is 5.51. The van der Waals surface area contributed by atoms with Gasteiger partial charge in [0.25, 0.3) is 0 Å². The van der Waals surface area contributed by atoms with Crippen LogP contribution in [0.5, 0.6) is 0 Å². The molecule has 0 amide bonds. The molecule has 2 rings (SSSR count). The number of carbonyl (C=O) groups is 1. The maximum atomic E-state index is 13.5.